The zero-order chi connectivity index (χ0) is 5.54. The molecule has 0 aromatic rings. The molecule has 0 heterocycles. The number of amides is 1. The van der Waals surface area contributed by atoms with Crippen LogP contribution in [0.1, 0.15) is 0 Å². The van der Waals surface area contributed by atoms with E-state index in [0.29, 0.717) is 13.1 Å². The molecule has 0 aromatic carbocycles. The largest absolute Gasteiger partial charge is 0.344 e. The van der Waals surface area contributed by atoms with Crippen molar-refractivity contribution >= 4 is 6.41 Å². The van der Waals surface area contributed by atoms with Crippen molar-refractivity contribution in [2.75, 3.05) is 13.8 Å². The molecule has 0 unspecified atom stereocenters. The summed E-state index contributed by atoms with van der Waals surface area (Å²) in [7, 11) is 1.48. The quantitative estimate of drug-likeness (QED) is 0.205. The maximum absolute atomic E-state index is 9.47. The molecule has 0 aliphatic carbocycles. The zero-order valence-corrected chi connectivity index (χ0v) is 4.10. The lowest BCUT2D eigenvalue weighted by Crippen LogP contribution is -2.26. The first kappa shape index (κ1) is 6.39. The highest BCUT2D eigenvalue weighted by atomic mass is 16.6. The molecule has 0 atom stereocenters. The van der Waals surface area contributed by atoms with Crippen molar-refractivity contribution < 1.29 is 9.63 Å². The number of carbonyl (C=O) groups is 1. The molecule has 1 amide bonds. The molecule has 2 N–H and O–H groups in total. The average molecular weight is 104 g/mol. The first-order valence-electron chi connectivity index (χ1n) is 1.84. The monoisotopic (exact) mass is 104 g/mol. The van der Waals surface area contributed by atoms with E-state index in [-0.39, 0.29) is 0 Å². The Morgan fingerprint density at radius 2 is 2.57 bits per heavy atom. The van der Waals surface area contributed by atoms with Crippen LogP contribution in [0.15, 0.2) is 0 Å². The number of hydrogen-bond acceptors (Lipinski definition) is 3. The highest BCUT2D eigenvalue weighted by Crippen LogP contribution is 1.45. The summed E-state index contributed by atoms with van der Waals surface area (Å²) in [4.78, 5) is 13.8. The Labute approximate surface area is 41.8 Å². The molecule has 7 heavy (non-hydrogen) atoms. The topological polar surface area (TPSA) is 50.4 Å². The van der Waals surface area contributed by atoms with Gasteiger partial charge in [0.2, 0.25) is 6.41 Å². The molecule has 0 rings (SSSR count). The summed E-state index contributed by atoms with van der Waals surface area (Å²) in [5.41, 5.74) is 2.41. The zero-order valence-electron chi connectivity index (χ0n) is 4.10. The second-order valence-electron chi connectivity index (χ2n) is 0.847. The van der Waals surface area contributed by atoms with Gasteiger partial charge < -0.3 is 10.2 Å². The van der Waals surface area contributed by atoms with Gasteiger partial charge in [-0.2, -0.15) is 5.48 Å². The van der Waals surface area contributed by atoms with E-state index in [1.165, 1.54) is 7.11 Å². The SMILES string of the molecule is CONCNC=O. The molecule has 4 nitrogen and oxygen atoms in total. The van der Waals surface area contributed by atoms with Crippen LogP contribution in [0.5, 0.6) is 0 Å². The molecule has 0 saturated heterocycles. The molecule has 4 heteroatoms. The predicted octanol–water partition coefficient (Wildman–Crippen LogP) is -1.16. The summed E-state index contributed by atoms with van der Waals surface area (Å²) in [6, 6.07) is 0. The van der Waals surface area contributed by atoms with Gasteiger partial charge in [0.05, 0.1) is 13.8 Å². The lowest BCUT2D eigenvalue weighted by molar-refractivity contribution is -0.110. The van der Waals surface area contributed by atoms with E-state index in [1.54, 1.807) is 0 Å². The van der Waals surface area contributed by atoms with Gasteiger partial charge in [-0.1, -0.05) is 0 Å². The molecule has 0 fully saturated rings. The van der Waals surface area contributed by atoms with Crippen molar-refractivity contribution in [1.29, 1.82) is 0 Å². The van der Waals surface area contributed by atoms with Gasteiger partial charge in [-0.05, 0) is 0 Å². The predicted molar refractivity (Wildman–Crippen MR) is 24.2 cm³/mol. The molecule has 0 spiro atoms. The van der Waals surface area contributed by atoms with E-state index < -0.39 is 0 Å². The van der Waals surface area contributed by atoms with Gasteiger partial charge >= 0.3 is 0 Å². The first-order valence-corrected chi connectivity index (χ1v) is 1.84. The van der Waals surface area contributed by atoms with Crippen LogP contribution in [0.3, 0.4) is 0 Å². The number of rotatable bonds is 4. The van der Waals surface area contributed by atoms with E-state index in [0.717, 1.165) is 0 Å². The van der Waals surface area contributed by atoms with Gasteiger partial charge in [0.25, 0.3) is 0 Å². The van der Waals surface area contributed by atoms with Crippen LogP contribution in [0.25, 0.3) is 0 Å². The summed E-state index contributed by atoms with van der Waals surface area (Å²) in [6.07, 6.45) is 0.589. The smallest absolute Gasteiger partial charge is 0.208 e. The summed E-state index contributed by atoms with van der Waals surface area (Å²) in [5.74, 6) is 0. The Morgan fingerprint density at radius 3 is 3.00 bits per heavy atom. The molecular formula is C3H8N2O2. The molecular weight excluding hydrogens is 96.0 g/mol. The van der Waals surface area contributed by atoms with Crippen LogP contribution < -0.4 is 10.8 Å². The van der Waals surface area contributed by atoms with E-state index in [9.17, 15) is 4.79 Å². The minimum Gasteiger partial charge on any atom is -0.344 e. The fourth-order valence-electron chi connectivity index (χ4n) is 0.156. The molecule has 42 valence electrons. The third-order valence-corrected chi connectivity index (χ3v) is 0.402. The van der Waals surface area contributed by atoms with Crippen molar-refractivity contribution in [3.05, 3.63) is 0 Å². The molecule has 0 radical (unpaired) electrons. The van der Waals surface area contributed by atoms with Crippen molar-refractivity contribution in [1.82, 2.24) is 10.8 Å². The average Bonchev–Trinajstić information content (AvgIpc) is 1.69. The van der Waals surface area contributed by atoms with Crippen molar-refractivity contribution in [2.24, 2.45) is 0 Å². The minimum absolute atomic E-state index is 0.347. The van der Waals surface area contributed by atoms with Crippen LogP contribution in [0.4, 0.5) is 0 Å². The maximum Gasteiger partial charge on any atom is 0.208 e. The third-order valence-electron chi connectivity index (χ3n) is 0.402. The molecule has 0 aliphatic heterocycles. The van der Waals surface area contributed by atoms with Crippen LogP contribution in [0.2, 0.25) is 0 Å². The lowest BCUT2D eigenvalue weighted by Gasteiger charge is -1.95. The maximum atomic E-state index is 9.47. The van der Waals surface area contributed by atoms with E-state index in [1.807, 2.05) is 0 Å². The Morgan fingerprint density at radius 1 is 1.86 bits per heavy atom. The van der Waals surface area contributed by atoms with Crippen LogP contribution in [0, 0.1) is 0 Å². The van der Waals surface area contributed by atoms with Gasteiger partial charge in [-0.15, -0.1) is 0 Å². The van der Waals surface area contributed by atoms with Gasteiger partial charge in [-0.25, -0.2) is 0 Å². The number of nitrogens with one attached hydrogen (secondary N) is 2. The minimum atomic E-state index is 0.347. The van der Waals surface area contributed by atoms with Crippen LogP contribution in [-0.2, 0) is 9.63 Å². The molecule has 0 bridgehead atoms. The van der Waals surface area contributed by atoms with Crippen LogP contribution in [-0.4, -0.2) is 20.2 Å². The van der Waals surface area contributed by atoms with Gasteiger partial charge in [0, 0.05) is 0 Å². The number of carbonyl (C=O) groups excluding carboxylic acids is 1. The normalized spacial score (nSPS) is 8.14. The summed E-state index contributed by atoms with van der Waals surface area (Å²) < 4.78 is 0. The highest BCUT2D eigenvalue weighted by molar-refractivity contribution is 5.45. The van der Waals surface area contributed by atoms with Crippen molar-refractivity contribution in [2.45, 2.75) is 0 Å². The first-order chi connectivity index (χ1) is 3.41. The Kier molecular flexibility index (Phi) is 4.92. The highest BCUT2D eigenvalue weighted by Gasteiger charge is 1.72. The van der Waals surface area contributed by atoms with Gasteiger partial charge in [0.15, 0.2) is 0 Å². The lowest BCUT2D eigenvalue weighted by atomic mass is 11.1. The van der Waals surface area contributed by atoms with E-state index in [2.05, 4.69) is 15.6 Å². The fourth-order valence-corrected chi connectivity index (χ4v) is 0.156. The van der Waals surface area contributed by atoms with Crippen molar-refractivity contribution in [3.63, 3.8) is 0 Å². The van der Waals surface area contributed by atoms with Crippen LogP contribution >= 0.6 is 0 Å². The standard InChI is InChI=1S/C3H8N2O2/c1-7-5-2-4-3-6/h3,5H,2H2,1H3,(H,4,6). The van der Waals surface area contributed by atoms with E-state index in [4.69, 9.17) is 0 Å². The molecule has 0 saturated carbocycles. The van der Waals surface area contributed by atoms with Gasteiger partial charge in [0.1, 0.15) is 0 Å². The Bertz CT molecular complexity index is 48.2. The van der Waals surface area contributed by atoms with Crippen molar-refractivity contribution in [3.8, 4) is 0 Å². The second-order valence-corrected chi connectivity index (χ2v) is 0.847. The summed E-state index contributed by atoms with van der Waals surface area (Å²) >= 11 is 0. The fraction of sp³-hybridized carbons (Fsp3) is 0.667. The number of hydroxylamine groups is 1. The number of hydrogen-bond donors (Lipinski definition) is 2. The molecule has 0 aromatic heterocycles. The summed E-state index contributed by atoms with van der Waals surface area (Å²) in [6.45, 7) is 0.347. The Hall–Kier alpha value is -0.610. The summed E-state index contributed by atoms with van der Waals surface area (Å²) in [5, 5.41) is 2.33. The second kappa shape index (κ2) is 5.39. The van der Waals surface area contributed by atoms with E-state index >= 15 is 0 Å². The third kappa shape index (κ3) is 5.39. The molecule has 0 aliphatic rings. The van der Waals surface area contributed by atoms with Gasteiger partial charge in [-0.3, -0.25) is 4.79 Å². The Balaban J connectivity index is 2.56.